The lowest BCUT2D eigenvalue weighted by molar-refractivity contribution is -0.114. The fourth-order valence-corrected chi connectivity index (χ4v) is 2.00. The van der Waals surface area contributed by atoms with Gasteiger partial charge in [-0.2, -0.15) is 5.10 Å². The molecule has 4 heteroatoms. The molecule has 0 saturated carbocycles. The van der Waals surface area contributed by atoms with Gasteiger partial charge in [0, 0.05) is 25.7 Å². The van der Waals surface area contributed by atoms with E-state index in [2.05, 4.69) is 15.4 Å². The Bertz CT molecular complexity index is 419. The van der Waals surface area contributed by atoms with Crippen LogP contribution in [0.2, 0.25) is 0 Å². The predicted molar refractivity (Wildman–Crippen MR) is 73.8 cm³/mol. The highest BCUT2D eigenvalue weighted by atomic mass is 16.1. The van der Waals surface area contributed by atoms with Crippen LogP contribution in [0.1, 0.15) is 31.7 Å². The number of amides is 1. The van der Waals surface area contributed by atoms with Gasteiger partial charge in [0.05, 0.1) is 6.21 Å². The molecule has 18 heavy (non-hydrogen) atoms. The Morgan fingerprint density at radius 2 is 1.89 bits per heavy atom. The summed E-state index contributed by atoms with van der Waals surface area (Å²) >= 11 is 0. The maximum Gasteiger partial charge on any atom is 0.221 e. The third kappa shape index (κ3) is 3.87. The summed E-state index contributed by atoms with van der Waals surface area (Å²) in [6.07, 6.45) is 5.66. The number of piperidine rings is 1. The van der Waals surface area contributed by atoms with Crippen molar-refractivity contribution in [2.45, 2.75) is 26.2 Å². The van der Waals surface area contributed by atoms with Gasteiger partial charge in [-0.15, -0.1) is 0 Å². The van der Waals surface area contributed by atoms with Crippen LogP contribution in [0, 0.1) is 0 Å². The van der Waals surface area contributed by atoms with E-state index in [0.29, 0.717) is 0 Å². The molecule has 1 aromatic rings. The minimum absolute atomic E-state index is 0.0512. The molecule has 1 saturated heterocycles. The van der Waals surface area contributed by atoms with E-state index in [0.717, 1.165) is 24.3 Å². The van der Waals surface area contributed by atoms with Gasteiger partial charge >= 0.3 is 0 Å². The number of benzene rings is 1. The minimum Gasteiger partial charge on any atom is -0.326 e. The minimum atomic E-state index is -0.0512. The Hall–Kier alpha value is -1.84. The zero-order valence-corrected chi connectivity index (χ0v) is 10.7. The van der Waals surface area contributed by atoms with Crippen molar-refractivity contribution in [3.63, 3.8) is 0 Å². The SMILES string of the molecule is CC(=O)Nc1ccc(/C=N\N2CCCCC2)cc1. The third-order valence-electron chi connectivity index (χ3n) is 2.93. The van der Waals surface area contributed by atoms with Gasteiger partial charge in [0.25, 0.3) is 0 Å². The maximum atomic E-state index is 10.9. The summed E-state index contributed by atoms with van der Waals surface area (Å²) in [6.45, 7) is 3.62. The molecule has 0 unspecified atom stereocenters. The van der Waals surface area contributed by atoms with Crippen molar-refractivity contribution in [2.24, 2.45) is 5.10 Å². The number of nitrogens with one attached hydrogen (secondary N) is 1. The molecule has 2 rings (SSSR count). The second-order valence-electron chi connectivity index (χ2n) is 4.56. The quantitative estimate of drug-likeness (QED) is 0.831. The number of carbonyl (C=O) groups excluding carboxylic acids is 1. The lowest BCUT2D eigenvalue weighted by atomic mass is 10.2. The zero-order valence-electron chi connectivity index (χ0n) is 10.7. The summed E-state index contributed by atoms with van der Waals surface area (Å²) < 4.78 is 0. The lowest BCUT2D eigenvalue weighted by Crippen LogP contribution is -2.24. The standard InChI is InChI=1S/C14H19N3O/c1-12(18)16-14-7-5-13(6-8-14)11-15-17-9-3-2-4-10-17/h5-8,11H,2-4,9-10H2,1H3,(H,16,18)/b15-11-. The Labute approximate surface area is 108 Å². The van der Waals surface area contributed by atoms with Crippen LogP contribution in [0.15, 0.2) is 29.4 Å². The van der Waals surface area contributed by atoms with E-state index < -0.39 is 0 Å². The van der Waals surface area contributed by atoms with Gasteiger partial charge in [0.1, 0.15) is 0 Å². The molecule has 4 nitrogen and oxygen atoms in total. The smallest absolute Gasteiger partial charge is 0.221 e. The average molecular weight is 245 g/mol. The van der Waals surface area contributed by atoms with Crippen LogP contribution in [-0.4, -0.2) is 30.2 Å². The number of rotatable bonds is 3. The summed E-state index contributed by atoms with van der Waals surface area (Å²) in [7, 11) is 0. The van der Waals surface area contributed by atoms with Crippen molar-refractivity contribution in [1.29, 1.82) is 0 Å². The number of hydrogen-bond donors (Lipinski definition) is 1. The largest absolute Gasteiger partial charge is 0.326 e. The molecule has 0 radical (unpaired) electrons. The van der Waals surface area contributed by atoms with E-state index in [1.54, 1.807) is 0 Å². The Balaban J connectivity index is 1.92. The Morgan fingerprint density at radius 1 is 1.22 bits per heavy atom. The molecule has 0 aliphatic carbocycles. The normalized spacial score (nSPS) is 15.9. The van der Waals surface area contributed by atoms with Crippen LogP contribution in [0.3, 0.4) is 0 Å². The number of hydrogen-bond acceptors (Lipinski definition) is 3. The van der Waals surface area contributed by atoms with E-state index >= 15 is 0 Å². The van der Waals surface area contributed by atoms with Gasteiger partial charge in [-0.1, -0.05) is 12.1 Å². The van der Waals surface area contributed by atoms with E-state index in [4.69, 9.17) is 0 Å². The van der Waals surface area contributed by atoms with Crippen LogP contribution >= 0.6 is 0 Å². The number of anilines is 1. The monoisotopic (exact) mass is 245 g/mol. The van der Waals surface area contributed by atoms with Gasteiger partial charge in [0.15, 0.2) is 0 Å². The highest BCUT2D eigenvalue weighted by molar-refractivity contribution is 5.89. The summed E-state index contributed by atoms with van der Waals surface area (Å²) in [5.74, 6) is -0.0512. The van der Waals surface area contributed by atoms with Crippen molar-refractivity contribution in [2.75, 3.05) is 18.4 Å². The summed E-state index contributed by atoms with van der Waals surface area (Å²) in [5.41, 5.74) is 1.87. The fourth-order valence-electron chi connectivity index (χ4n) is 2.00. The van der Waals surface area contributed by atoms with Crippen molar-refractivity contribution >= 4 is 17.8 Å². The highest BCUT2D eigenvalue weighted by Gasteiger charge is 2.05. The molecule has 1 aliphatic heterocycles. The molecule has 1 fully saturated rings. The lowest BCUT2D eigenvalue weighted by Gasteiger charge is -2.23. The number of hydrazone groups is 1. The molecular weight excluding hydrogens is 226 g/mol. The summed E-state index contributed by atoms with van der Waals surface area (Å²) in [4.78, 5) is 10.9. The molecule has 1 heterocycles. The van der Waals surface area contributed by atoms with Crippen molar-refractivity contribution < 1.29 is 4.79 Å². The highest BCUT2D eigenvalue weighted by Crippen LogP contribution is 2.10. The molecular formula is C14H19N3O. The first-order valence-corrected chi connectivity index (χ1v) is 6.40. The van der Waals surface area contributed by atoms with Gasteiger partial charge < -0.3 is 5.32 Å². The van der Waals surface area contributed by atoms with E-state index in [1.165, 1.54) is 26.2 Å². The molecule has 1 amide bonds. The molecule has 0 bridgehead atoms. The van der Waals surface area contributed by atoms with Crippen LogP contribution in [-0.2, 0) is 4.79 Å². The molecule has 0 aromatic heterocycles. The van der Waals surface area contributed by atoms with Crippen molar-refractivity contribution in [3.8, 4) is 0 Å². The second kappa shape index (κ2) is 6.19. The van der Waals surface area contributed by atoms with Crippen molar-refractivity contribution in [3.05, 3.63) is 29.8 Å². The average Bonchev–Trinajstić information content (AvgIpc) is 2.38. The third-order valence-corrected chi connectivity index (χ3v) is 2.93. The van der Waals surface area contributed by atoms with E-state index in [9.17, 15) is 4.79 Å². The molecule has 0 atom stereocenters. The topological polar surface area (TPSA) is 44.7 Å². The Kier molecular flexibility index (Phi) is 4.34. The first-order valence-electron chi connectivity index (χ1n) is 6.40. The van der Waals surface area contributed by atoms with Crippen LogP contribution < -0.4 is 5.32 Å². The number of nitrogens with zero attached hydrogens (tertiary/aromatic N) is 2. The van der Waals surface area contributed by atoms with Crippen molar-refractivity contribution in [1.82, 2.24) is 5.01 Å². The van der Waals surface area contributed by atoms with E-state index in [1.807, 2.05) is 30.5 Å². The maximum absolute atomic E-state index is 10.9. The van der Waals surface area contributed by atoms with Crippen LogP contribution in [0.4, 0.5) is 5.69 Å². The zero-order chi connectivity index (χ0) is 12.8. The van der Waals surface area contributed by atoms with Gasteiger partial charge in [0.2, 0.25) is 5.91 Å². The number of carbonyl (C=O) groups is 1. The predicted octanol–water partition coefficient (Wildman–Crippen LogP) is 2.46. The van der Waals surface area contributed by atoms with Crippen LogP contribution in [0.5, 0.6) is 0 Å². The van der Waals surface area contributed by atoms with E-state index in [-0.39, 0.29) is 5.91 Å². The molecule has 1 aliphatic rings. The molecule has 1 aromatic carbocycles. The summed E-state index contributed by atoms with van der Waals surface area (Å²) in [5, 5.41) is 9.32. The molecule has 1 N–H and O–H groups in total. The first-order chi connectivity index (χ1) is 8.74. The fraction of sp³-hybridized carbons (Fsp3) is 0.429. The van der Waals surface area contributed by atoms with Gasteiger partial charge in [-0.25, -0.2) is 0 Å². The first kappa shape index (κ1) is 12.6. The van der Waals surface area contributed by atoms with Crippen LogP contribution in [0.25, 0.3) is 0 Å². The summed E-state index contributed by atoms with van der Waals surface area (Å²) in [6, 6.07) is 7.69. The molecule has 0 spiro atoms. The Morgan fingerprint density at radius 3 is 2.50 bits per heavy atom. The van der Waals surface area contributed by atoms with Gasteiger partial charge in [-0.3, -0.25) is 9.80 Å². The van der Waals surface area contributed by atoms with Gasteiger partial charge in [-0.05, 0) is 37.0 Å². The molecule has 96 valence electrons. The second-order valence-corrected chi connectivity index (χ2v) is 4.56.